The molecule has 4 heteroatoms. The van der Waals surface area contributed by atoms with Gasteiger partial charge in [-0.05, 0) is 37.6 Å². The molecule has 1 N–H and O–H groups in total. The number of aromatic nitrogens is 2. The van der Waals surface area contributed by atoms with E-state index >= 15 is 0 Å². The van der Waals surface area contributed by atoms with E-state index in [4.69, 9.17) is 5.26 Å². The summed E-state index contributed by atoms with van der Waals surface area (Å²) < 4.78 is 0. The molecule has 2 rings (SSSR count). The maximum absolute atomic E-state index is 8.46. The Morgan fingerprint density at radius 1 is 1.12 bits per heavy atom. The van der Waals surface area contributed by atoms with Crippen molar-refractivity contribution in [3.63, 3.8) is 0 Å². The predicted molar refractivity (Wildman–Crippen MR) is 66.2 cm³/mol. The normalized spacial score (nSPS) is 9.71. The molecule has 0 saturated carbocycles. The summed E-state index contributed by atoms with van der Waals surface area (Å²) >= 11 is 0. The molecule has 0 atom stereocenters. The molecular formula is C13H12N4. The first kappa shape index (κ1) is 11.1. The van der Waals surface area contributed by atoms with Crippen LogP contribution >= 0.6 is 0 Å². The highest BCUT2D eigenvalue weighted by Crippen LogP contribution is 2.22. The Labute approximate surface area is 99.9 Å². The van der Waals surface area contributed by atoms with Crippen molar-refractivity contribution in [1.82, 2.24) is 10.2 Å². The Kier molecular flexibility index (Phi) is 3.01. The first-order valence-electron chi connectivity index (χ1n) is 5.27. The van der Waals surface area contributed by atoms with E-state index in [1.165, 1.54) is 5.56 Å². The fourth-order valence-electron chi connectivity index (χ4n) is 1.61. The zero-order valence-electron chi connectivity index (χ0n) is 9.73. The average Bonchev–Trinajstić information content (AvgIpc) is 2.34. The number of nitrogens with one attached hydrogen (secondary N) is 1. The molecule has 0 unspecified atom stereocenters. The highest BCUT2D eigenvalue weighted by Gasteiger charge is 2.04. The third kappa shape index (κ3) is 2.40. The van der Waals surface area contributed by atoms with Gasteiger partial charge in [0.2, 0.25) is 0 Å². The van der Waals surface area contributed by atoms with Crippen molar-refractivity contribution in [1.29, 1.82) is 5.26 Å². The molecule has 0 saturated heterocycles. The summed E-state index contributed by atoms with van der Waals surface area (Å²) in [4.78, 5) is 0. The maximum Gasteiger partial charge on any atom is 0.182 e. The van der Waals surface area contributed by atoms with E-state index in [-0.39, 0.29) is 0 Å². The lowest BCUT2D eigenvalue weighted by atomic mass is 10.0. The van der Waals surface area contributed by atoms with E-state index in [9.17, 15) is 0 Å². The topological polar surface area (TPSA) is 61.6 Å². The van der Waals surface area contributed by atoms with Gasteiger partial charge >= 0.3 is 0 Å². The third-order valence-corrected chi connectivity index (χ3v) is 2.52. The Bertz CT molecular complexity index is 567. The van der Waals surface area contributed by atoms with E-state index in [1.807, 2.05) is 26.1 Å². The minimum atomic E-state index is 0.460. The summed E-state index contributed by atoms with van der Waals surface area (Å²) in [6, 6.07) is 9.81. The first-order valence-corrected chi connectivity index (χ1v) is 5.27. The number of benzene rings is 1. The lowest BCUT2D eigenvalue weighted by Crippen LogP contribution is -1.96. The van der Waals surface area contributed by atoms with Crippen LogP contribution in [0, 0.1) is 25.3 Å². The van der Waals surface area contributed by atoms with Crippen molar-refractivity contribution in [3.05, 3.63) is 41.5 Å². The van der Waals surface area contributed by atoms with E-state index < -0.39 is 0 Å². The maximum atomic E-state index is 8.46. The minimum Gasteiger partial charge on any atom is -0.275 e. The number of nitrogens with zero attached hydrogens (tertiary/aromatic N) is 3. The van der Waals surface area contributed by atoms with Gasteiger partial charge in [-0.1, -0.05) is 17.7 Å². The zero-order chi connectivity index (χ0) is 12.3. The molecule has 0 aliphatic heterocycles. The average molecular weight is 224 g/mol. The van der Waals surface area contributed by atoms with Gasteiger partial charge in [0, 0.05) is 5.56 Å². The van der Waals surface area contributed by atoms with Crippen molar-refractivity contribution in [2.75, 3.05) is 5.32 Å². The van der Waals surface area contributed by atoms with Gasteiger partial charge in [-0.15, -0.1) is 10.2 Å². The van der Waals surface area contributed by atoms with Gasteiger partial charge in [-0.25, -0.2) is 0 Å². The van der Waals surface area contributed by atoms with Crippen LogP contribution in [-0.4, -0.2) is 10.2 Å². The van der Waals surface area contributed by atoms with Crippen molar-refractivity contribution in [2.24, 2.45) is 0 Å². The number of nitriles is 1. The first-order chi connectivity index (χ1) is 8.20. The SMILES string of the molecule is Cc1ccc(C)c(-c2ccc(NC#N)nn2)c1. The van der Waals surface area contributed by atoms with Gasteiger partial charge in [0.15, 0.2) is 12.0 Å². The van der Waals surface area contributed by atoms with Gasteiger partial charge in [-0.3, -0.25) is 5.32 Å². The van der Waals surface area contributed by atoms with Crippen molar-refractivity contribution < 1.29 is 0 Å². The third-order valence-electron chi connectivity index (χ3n) is 2.52. The van der Waals surface area contributed by atoms with Gasteiger partial charge in [0.25, 0.3) is 0 Å². The van der Waals surface area contributed by atoms with Crippen molar-refractivity contribution in [3.8, 4) is 17.5 Å². The smallest absolute Gasteiger partial charge is 0.182 e. The quantitative estimate of drug-likeness (QED) is 0.629. The largest absolute Gasteiger partial charge is 0.275 e. The fourth-order valence-corrected chi connectivity index (χ4v) is 1.61. The molecule has 84 valence electrons. The molecule has 4 nitrogen and oxygen atoms in total. The summed E-state index contributed by atoms with van der Waals surface area (Å²) in [6.07, 6.45) is 1.81. The Morgan fingerprint density at radius 3 is 2.59 bits per heavy atom. The van der Waals surface area contributed by atoms with Crippen LogP contribution < -0.4 is 5.32 Å². The molecule has 0 spiro atoms. The van der Waals surface area contributed by atoms with Crippen molar-refractivity contribution >= 4 is 5.82 Å². The second-order valence-corrected chi connectivity index (χ2v) is 3.86. The van der Waals surface area contributed by atoms with E-state index in [2.05, 4.69) is 33.7 Å². The second kappa shape index (κ2) is 4.62. The molecule has 0 aliphatic carbocycles. The molecule has 2 aromatic rings. The highest BCUT2D eigenvalue weighted by molar-refractivity contribution is 5.64. The van der Waals surface area contributed by atoms with Crippen LogP contribution in [-0.2, 0) is 0 Å². The zero-order valence-corrected chi connectivity index (χ0v) is 9.73. The monoisotopic (exact) mass is 224 g/mol. The molecule has 1 heterocycles. The number of hydrogen-bond acceptors (Lipinski definition) is 4. The molecule has 0 amide bonds. The Morgan fingerprint density at radius 2 is 1.94 bits per heavy atom. The number of hydrogen-bond donors (Lipinski definition) is 1. The summed E-state index contributed by atoms with van der Waals surface area (Å²) in [5.41, 5.74) is 4.23. The van der Waals surface area contributed by atoms with E-state index in [1.54, 1.807) is 6.07 Å². The Hall–Kier alpha value is -2.41. The van der Waals surface area contributed by atoms with Crippen LogP contribution in [0.4, 0.5) is 5.82 Å². The lowest BCUT2D eigenvalue weighted by molar-refractivity contribution is 1.04. The van der Waals surface area contributed by atoms with Gasteiger partial charge in [-0.2, -0.15) is 5.26 Å². The molecule has 1 aromatic heterocycles. The second-order valence-electron chi connectivity index (χ2n) is 3.86. The molecule has 17 heavy (non-hydrogen) atoms. The summed E-state index contributed by atoms with van der Waals surface area (Å²) in [6.45, 7) is 4.08. The number of aryl methyl sites for hydroxylation is 2. The predicted octanol–water partition coefficient (Wildman–Crippen LogP) is 2.65. The Balaban J connectivity index is 2.40. The molecular weight excluding hydrogens is 212 g/mol. The highest BCUT2D eigenvalue weighted by atomic mass is 15.2. The lowest BCUT2D eigenvalue weighted by Gasteiger charge is -2.06. The summed E-state index contributed by atoms with van der Waals surface area (Å²) in [7, 11) is 0. The van der Waals surface area contributed by atoms with Crippen LogP contribution in [0.1, 0.15) is 11.1 Å². The molecule has 0 radical (unpaired) electrons. The van der Waals surface area contributed by atoms with Crippen LogP contribution in [0.3, 0.4) is 0 Å². The van der Waals surface area contributed by atoms with Gasteiger partial charge in [0.05, 0.1) is 5.69 Å². The standard InChI is InChI=1S/C13H12N4/c1-9-3-4-10(2)11(7-9)12-5-6-13(15-8-14)17-16-12/h3-7H,1-2H3,(H,15,17). The molecule has 1 aromatic carbocycles. The van der Waals surface area contributed by atoms with E-state index in [0.717, 1.165) is 16.8 Å². The van der Waals surface area contributed by atoms with Crippen LogP contribution in [0.2, 0.25) is 0 Å². The van der Waals surface area contributed by atoms with Crippen LogP contribution in [0.25, 0.3) is 11.3 Å². The number of anilines is 1. The minimum absolute atomic E-state index is 0.460. The molecule has 0 bridgehead atoms. The summed E-state index contributed by atoms with van der Waals surface area (Å²) in [5.74, 6) is 0.460. The van der Waals surface area contributed by atoms with Crippen molar-refractivity contribution in [2.45, 2.75) is 13.8 Å². The van der Waals surface area contributed by atoms with Gasteiger partial charge in [0.1, 0.15) is 0 Å². The molecule has 0 fully saturated rings. The van der Waals surface area contributed by atoms with Crippen LogP contribution in [0.5, 0.6) is 0 Å². The fraction of sp³-hybridized carbons (Fsp3) is 0.154. The summed E-state index contributed by atoms with van der Waals surface area (Å²) in [5, 5.41) is 18.9. The number of rotatable bonds is 2. The van der Waals surface area contributed by atoms with Gasteiger partial charge < -0.3 is 0 Å². The molecule has 0 aliphatic rings. The van der Waals surface area contributed by atoms with Crippen LogP contribution in [0.15, 0.2) is 30.3 Å². The van der Waals surface area contributed by atoms with E-state index in [0.29, 0.717) is 5.82 Å².